The van der Waals surface area contributed by atoms with E-state index in [-0.39, 0.29) is 12.1 Å². The lowest BCUT2D eigenvalue weighted by atomic mass is 10.2. The van der Waals surface area contributed by atoms with Crippen molar-refractivity contribution in [3.63, 3.8) is 0 Å². The minimum atomic E-state index is -0.423. The van der Waals surface area contributed by atoms with Crippen LogP contribution < -0.4 is 5.32 Å². The summed E-state index contributed by atoms with van der Waals surface area (Å²) in [4.78, 5) is 11.4. The Bertz CT molecular complexity index is 216. The van der Waals surface area contributed by atoms with Gasteiger partial charge in [-0.1, -0.05) is 12.2 Å². The number of nitrogens with one attached hydrogen (secondary N) is 1. The van der Waals surface area contributed by atoms with Crippen molar-refractivity contribution in [3.8, 4) is 0 Å². The molecule has 0 aliphatic carbocycles. The predicted octanol–water partition coefficient (Wildman–Crippen LogP) is 3.26. The van der Waals surface area contributed by atoms with E-state index in [4.69, 9.17) is 4.74 Å². The van der Waals surface area contributed by atoms with Gasteiger partial charge < -0.3 is 10.1 Å². The number of allylic oxidation sites excluding steroid dienone is 2. The first-order chi connectivity index (χ1) is 6.85. The van der Waals surface area contributed by atoms with Crippen LogP contribution in [0.3, 0.4) is 0 Å². The van der Waals surface area contributed by atoms with E-state index in [1.54, 1.807) is 0 Å². The van der Waals surface area contributed by atoms with Gasteiger partial charge in [0.2, 0.25) is 0 Å². The molecule has 0 aromatic rings. The zero-order chi connectivity index (χ0) is 11.9. The summed E-state index contributed by atoms with van der Waals surface area (Å²) >= 11 is 0. The molecule has 0 heterocycles. The second kappa shape index (κ2) is 6.49. The maximum absolute atomic E-state index is 11.4. The predicted molar refractivity (Wildman–Crippen MR) is 62.9 cm³/mol. The molecule has 0 rings (SSSR count). The van der Waals surface area contributed by atoms with E-state index in [0.29, 0.717) is 0 Å². The van der Waals surface area contributed by atoms with Crippen LogP contribution in [0.25, 0.3) is 0 Å². The van der Waals surface area contributed by atoms with Crippen LogP contribution in [-0.4, -0.2) is 17.7 Å². The van der Waals surface area contributed by atoms with Gasteiger partial charge in [0.15, 0.2) is 0 Å². The third-order valence-electron chi connectivity index (χ3n) is 1.77. The maximum atomic E-state index is 11.4. The highest BCUT2D eigenvalue weighted by Gasteiger charge is 2.17. The van der Waals surface area contributed by atoms with Crippen molar-refractivity contribution in [3.05, 3.63) is 12.2 Å². The van der Waals surface area contributed by atoms with E-state index >= 15 is 0 Å². The van der Waals surface area contributed by atoms with Gasteiger partial charge >= 0.3 is 6.09 Å². The molecule has 1 atom stereocenters. The zero-order valence-electron chi connectivity index (χ0n) is 10.5. The molecule has 0 aromatic heterocycles. The topological polar surface area (TPSA) is 38.3 Å². The van der Waals surface area contributed by atoms with E-state index in [0.717, 1.165) is 12.8 Å². The van der Waals surface area contributed by atoms with E-state index in [1.165, 1.54) is 0 Å². The Morgan fingerprint density at radius 3 is 2.53 bits per heavy atom. The van der Waals surface area contributed by atoms with Gasteiger partial charge in [-0.3, -0.25) is 0 Å². The fourth-order valence-electron chi connectivity index (χ4n) is 1.09. The molecule has 3 nitrogen and oxygen atoms in total. The number of hydrogen-bond acceptors (Lipinski definition) is 2. The lowest BCUT2D eigenvalue weighted by Crippen LogP contribution is -2.37. The number of carbonyl (C=O) groups is 1. The summed E-state index contributed by atoms with van der Waals surface area (Å²) in [5, 5.41) is 2.80. The molecule has 0 aliphatic rings. The molecular formula is C12H23NO2. The molecule has 0 aliphatic heterocycles. The van der Waals surface area contributed by atoms with Crippen LogP contribution in [0, 0.1) is 0 Å². The molecule has 0 fully saturated rings. The summed E-state index contributed by atoms with van der Waals surface area (Å²) in [7, 11) is 0. The highest BCUT2D eigenvalue weighted by Crippen LogP contribution is 2.07. The Morgan fingerprint density at radius 1 is 1.47 bits per heavy atom. The quantitative estimate of drug-likeness (QED) is 0.728. The molecule has 0 aromatic carbocycles. The van der Waals surface area contributed by atoms with E-state index < -0.39 is 5.60 Å². The second-order valence-electron chi connectivity index (χ2n) is 4.69. The van der Waals surface area contributed by atoms with Crippen molar-refractivity contribution in [1.29, 1.82) is 0 Å². The minimum absolute atomic E-state index is 0.149. The molecule has 1 unspecified atom stereocenters. The van der Waals surface area contributed by atoms with Gasteiger partial charge in [0.1, 0.15) is 5.60 Å². The monoisotopic (exact) mass is 213 g/mol. The Kier molecular flexibility index (Phi) is 6.06. The Labute approximate surface area is 92.9 Å². The Balaban J connectivity index is 3.76. The number of hydrogen-bond donors (Lipinski definition) is 1. The number of amides is 1. The van der Waals surface area contributed by atoms with Crippen LogP contribution in [0.4, 0.5) is 4.79 Å². The molecule has 15 heavy (non-hydrogen) atoms. The first-order valence-corrected chi connectivity index (χ1v) is 5.46. The first-order valence-electron chi connectivity index (χ1n) is 5.46. The standard InChI is InChI=1S/C12H23NO2/c1-6-7-8-9-10(2)13-11(14)15-12(3,4)5/h6-7,10H,8-9H2,1-5H3,(H,13,14). The molecule has 88 valence electrons. The van der Waals surface area contributed by atoms with E-state index in [9.17, 15) is 4.79 Å². The summed E-state index contributed by atoms with van der Waals surface area (Å²) in [6.07, 6.45) is 5.68. The number of rotatable bonds is 4. The number of alkyl carbamates (subject to hydrolysis) is 1. The van der Waals surface area contributed by atoms with Crippen molar-refractivity contribution >= 4 is 6.09 Å². The average Bonchev–Trinajstić information content (AvgIpc) is 2.00. The zero-order valence-corrected chi connectivity index (χ0v) is 10.5. The third-order valence-corrected chi connectivity index (χ3v) is 1.77. The van der Waals surface area contributed by atoms with Crippen molar-refractivity contribution in [2.24, 2.45) is 0 Å². The molecule has 0 radical (unpaired) electrons. The molecule has 1 N–H and O–H groups in total. The number of carbonyl (C=O) groups excluding carboxylic acids is 1. The molecule has 3 heteroatoms. The van der Waals surface area contributed by atoms with Crippen LogP contribution in [0.5, 0.6) is 0 Å². The first kappa shape index (κ1) is 14.0. The maximum Gasteiger partial charge on any atom is 0.407 e. The van der Waals surface area contributed by atoms with Crippen LogP contribution in [-0.2, 0) is 4.74 Å². The summed E-state index contributed by atoms with van der Waals surface area (Å²) in [6.45, 7) is 9.55. The Hall–Kier alpha value is -0.990. The van der Waals surface area contributed by atoms with Gasteiger partial charge in [-0.25, -0.2) is 4.79 Å². The average molecular weight is 213 g/mol. The molecular weight excluding hydrogens is 190 g/mol. The summed E-state index contributed by atoms with van der Waals surface area (Å²) in [6, 6.07) is 0.149. The van der Waals surface area contributed by atoms with Crippen molar-refractivity contribution in [2.75, 3.05) is 0 Å². The van der Waals surface area contributed by atoms with Gasteiger partial charge in [0, 0.05) is 6.04 Å². The van der Waals surface area contributed by atoms with Gasteiger partial charge in [0.25, 0.3) is 0 Å². The minimum Gasteiger partial charge on any atom is -0.444 e. The number of ether oxygens (including phenoxy) is 1. The lowest BCUT2D eigenvalue weighted by molar-refractivity contribution is 0.0506. The van der Waals surface area contributed by atoms with Crippen molar-refractivity contribution in [1.82, 2.24) is 5.32 Å². The van der Waals surface area contributed by atoms with Gasteiger partial charge in [-0.2, -0.15) is 0 Å². The van der Waals surface area contributed by atoms with Crippen LogP contribution >= 0.6 is 0 Å². The van der Waals surface area contributed by atoms with Crippen molar-refractivity contribution < 1.29 is 9.53 Å². The normalized spacial score (nSPS) is 13.9. The van der Waals surface area contributed by atoms with Gasteiger partial charge in [-0.15, -0.1) is 0 Å². The SMILES string of the molecule is CC=CCCC(C)NC(=O)OC(C)(C)C. The second-order valence-corrected chi connectivity index (χ2v) is 4.69. The summed E-state index contributed by atoms with van der Waals surface area (Å²) in [5.74, 6) is 0. The lowest BCUT2D eigenvalue weighted by Gasteiger charge is -2.21. The largest absolute Gasteiger partial charge is 0.444 e. The highest BCUT2D eigenvalue weighted by atomic mass is 16.6. The van der Waals surface area contributed by atoms with Crippen LogP contribution in [0.15, 0.2) is 12.2 Å². The molecule has 0 saturated carbocycles. The van der Waals surface area contributed by atoms with Crippen LogP contribution in [0.2, 0.25) is 0 Å². The van der Waals surface area contributed by atoms with E-state index in [1.807, 2.05) is 40.7 Å². The van der Waals surface area contributed by atoms with Crippen LogP contribution in [0.1, 0.15) is 47.5 Å². The summed E-state index contributed by atoms with van der Waals surface area (Å²) in [5.41, 5.74) is -0.423. The van der Waals surface area contributed by atoms with E-state index in [2.05, 4.69) is 11.4 Å². The van der Waals surface area contributed by atoms with Crippen molar-refractivity contribution in [2.45, 2.75) is 59.1 Å². The molecule has 0 spiro atoms. The summed E-state index contributed by atoms with van der Waals surface area (Å²) < 4.78 is 5.15. The van der Waals surface area contributed by atoms with Gasteiger partial charge in [-0.05, 0) is 47.5 Å². The fourth-order valence-corrected chi connectivity index (χ4v) is 1.09. The fraction of sp³-hybridized carbons (Fsp3) is 0.750. The van der Waals surface area contributed by atoms with Gasteiger partial charge in [0.05, 0.1) is 0 Å². The smallest absolute Gasteiger partial charge is 0.407 e. The highest BCUT2D eigenvalue weighted by molar-refractivity contribution is 5.67. The third kappa shape index (κ3) is 9.32. The Morgan fingerprint density at radius 2 is 2.07 bits per heavy atom. The molecule has 0 bridgehead atoms. The molecule has 0 saturated heterocycles. The molecule has 1 amide bonds.